The van der Waals surface area contributed by atoms with Crippen molar-refractivity contribution in [1.82, 2.24) is 9.55 Å². The van der Waals surface area contributed by atoms with Gasteiger partial charge in [-0.05, 0) is 24.3 Å². The average molecular weight is 342 g/mol. The molecule has 1 saturated carbocycles. The molecule has 1 aromatic carbocycles. The Labute approximate surface area is 146 Å². The van der Waals surface area contributed by atoms with Crippen LogP contribution >= 0.6 is 11.8 Å². The lowest BCUT2D eigenvalue weighted by Gasteiger charge is -2.31. The number of aromatic carboxylic acids is 1. The number of hydrogen-bond donors (Lipinski definition) is 1. The Balaban J connectivity index is 1.77. The third-order valence-electron chi connectivity index (χ3n) is 5.43. The molecule has 1 aliphatic carbocycles. The summed E-state index contributed by atoms with van der Waals surface area (Å²) in [5.41, 5.74) is 2.34. The van der Waals surface area contributed by atoms with Crippen molar-refractivity contribution < 1.29 is 9.90 Å². The molecule has 0 radical (unpaired) electrons. The summed E-state index contributed by atoms with van der Waals surface area (Å²) in [6, 6.07) is 10.6. The SMILES string of the molecule is Cn1c(C(=O)O)nc2c1SC(c1ccccc1)C2C1CCCCC1. The Morgan fingerprint density at radius 2 is 1.92 bits per heavy atom. The van der Waals surface area contributed by atoms with Crippen LogP contribution in [0.3, 0.4) is 0 Å². The van der Waals surface area contributed by atoms with Crippen molar-refractivity contribution >= 4 is 17.7 Å². The maximum absolute atomic E-state index is 11.5. The molecule has 2 atom stereocenters. The van der Waals surface area contributed by atoms with Gasteiger partial charge >= 0.3 is 5.97 Å². The molecule has 1 N–H and O–H groups in total. The number of hydrogen-bond acceptors (Lipinski definition) is 3. The van der Waals surface area contributed by atoms with Crippen LogP contribution in [0.5, 0.6) is 0 Å². The molecular formula is C19H22N2O2S. The standard InChI is InChI=1S/C19H22N2O2S/c1-21-17(19(22)23)20-15-14(12-8-4-2-5-9-12)16(24-18(15)21)13-10-6-3-7-11-13/h3,6-7,10-12,14,16H,2,4-5,8-9H2,1H3,(H,22,23). The molecule has 0 saturated heterocycles. The number of nitrogens with zero attached hydrogens (tertiary/aromatic N) is 2. The Morgan fingerprint density at radius 3 is 2.58 bits per heavy atom. The van der Waals surface area contributed by atoms with Gasteiger partial charge in [0.15, 0.2) is 0 Å². The lowest BCUT2D eigenvalue weighted by Crippen LogP contribution is -2.19. The molecule has 0 amide bonds. The lowest BCUT2D eigenvalue weighted by atomic mass is 9.76. The summed E-state index contributed by atoms with van der Waals surface area (Å²) >= 11 is 1.79. The Kier molecular flexibility index (Phi) is 4.12. The molecule has 2 heterocycles. The molecular weight excluding hydrogens is 320 g/mol. The summed E-state index contributed by atoms with van der Waals surface area (Å²) < 4.78 is 1.76. The Morgan fingerprint density at radius 1 is 1.21 bits per heavy atom. The van der Waals surface area contributed by atoms with Gasteiger partial charge in [-0.25, -0.2) is 9.78 Å². The number of imidazole rings is 1. The quantitative estimate of drug-likeness (QED) is 0.883. The van der Waals surface area contributed by atoms with Crippen molar-refractivity contribution in [3.05, 3.63) is 47.4 Å². The van der Waals surface area contributed by atoms with E-state index in [9.17, 15) is 9.90 Å². The molecule has 2 unspecified atom stereocenters. The highest BCUT2D eigenvalue weighted by Crippen LogP contribution is 2.58. The number of carboxylic acids is 1. The summed E-state index contributed by atoms with van der Waals surface area (Å²) in [6.45, 7) is 0. The molecule has 4 nitrogen and oxygen atoms in total. The zero-order chi connectivity index (χ0) is 16.7. The van der Waals surface area contributed by atoms with E-state index in [4.69, 9.17) is 0 Å². The summed E-state index contributed by atoms with van der Waals surface area (Å²) in [5.74, 6) is 0.159. The molecule has 1 aliphatic heterocycles. The highest BCUT2D eigenvalue weighted by molar-refractivity contribution is 7.99. The first-order valence-corrected chi connectivity index (χ1v) is 9.56. The van der Waals surface area contributed by atoms with Gasteiger partial charge in [-0.3, -0.25) is 0 Å². The minimum atomic E-state index is -0.939. The van der Waals surface area contributed by atoms with Crippen molar-refractivity contribution in [3.8, 4) is 0 Å². The maximum atomic E-state index is 11.5. The minimum Gasteiger partial charge on any atom is -0.475 e. The zero-order valence-corrected chi connectivity index (χ0v) is 14.6. The van der Waals surface area contributed by atoms with E-state index in [-0.39, 0.29) is 5.82 Å². The Hall–Kier alpha value is -1.75. The number of rotatable bonds is 3. The van der Waals surface area contributed by atoms with E-state index < -0.39 is 5.97 Å². The summed E-state index contributed by atoms with van der Waals surface area (Å²) in [4.78, 5) is 16.0. The van der Waals surface area contributed by atoms with Crippen LogP contribution in [-0.4, -0.2) is 20.6 Å². The van der Waals surface area contributed by atoms with E-state index in [1.54, 1.807) is 16.3 Å². The topological polar surface area (TPSA) is 55.1 Å². The van der Waals surface area contributed by atoms with E-state index in [0.717, 1.165) is 10.7 Å². The fourth-order valence-electron chi connectivity index (χ4n) is 4.27. The molecule has 0 spiro atoms. The van der Waals surface area contributed by atoms with E-state index in [1.165, 1.54) is 37.7 Å². The average Bonchev–Trinajstić information content (AvgIpc) is 3.14. The first-order valence-electron chi connectivity index (χ1n) is 8.68. The highest BCUT2D eigenvalue weighted by atomic mass is 32.2. The summed E-state index contributed by atoms with van der Waals surface area (Å²) in [6.07, 6.45) is 6.34. The van der Waals surface area contributed by atoms with Crippen LogP contribution in [0.15, 0.2) is 35.4 Å². The van der Waals surface area contributed by atoms with Crippen LogP contribution in [0.2, 0.25) is 0 Å². The van der Waals surface area contributed by atoms with E-state index in [2.05, 4.69) is 29.2 Å². The monoisotopic (exact) mass is 342 g/mol. The third kappa shape index (κ3) is 2.55. The lowest BCUT2D eigenvalue weighted by molar-refractivity contribution is 0.0678. The van der Waals surface area contributed by atoms with Crippen LogP contribution in [0.1, 0.15) is 65.1 Å². The highest BCUT2D eigenvalue weighted by Gasteiger charge is 2.43. The predicted molar refractivity (Wildman–Crippen MR) is 94.5 cm³/mol. The largest absolute Gasteiger partial charge is 0.475 e. The van der Waals surface area contributed by atoms with Gasteiger partial charge in [0, 0.05) is 18.2 Å². The minimum absolute atomic E-state index is 0.167. The second kappa shape index (κ2) is 6.28. The molecule has 0 bridgehead atoms. The van der Waals surface area contributed by atoms with E-state index in [0.29, 0.717) is 17.1 Å². The number of fused-ring (bicyclic) bond motifs is 1. The number of thioether (sulfide) groups is 1. The van der Waals surface area contributed by atoms with Crippen molar-refractivity contribution in [2.45, 2.75) is 48.3 Å². The summed E-state index contributed by atoms with van der Waals surface area (Å²) in [7, 11) is 1.83. The van der Waals surface area contributed by atoms with E-state index >= 15 is 0 Å². The fraction of sp³-hybridized carbons (Fsp3) is 0.474. The first kappa shape index (κ1) is 15.8. The van der Waals surface area contributed by atoms with Gasteiger partial charge in [0.1, 0.15) is 0 Å². The van der Waals surface area contributed by atoms with Gasteiger partial charge in [0.05, 0.1) is 10.7 Å². The fourth-order valence-corrected chi connectivity index (χ4v) is 5.85. The predicted octanol–water partition coefficient (Wildman–Crippen LogP) is 4.63. The molecule has 2 aliphatic rings. The van der Waals surface area contributed by atoms with Crippen LogP contribution in [0, 0.1) is 5.92 Å². The molecule has 5 heteroatoms. The third-order valence-corrected chi connectivity index (χ3v) is 6.95. The zero-order valence-electron chi connectivity index (χ0n) is 13.8. The normalized spacial score (nSPS) is 24.0. The summed E-state index contributed by atoms with van der Waals surface area (Å²) in [5, 5.41) is 10.8. The first-order chi connectivity index (χ1) is 11.7. The van der Waals surface area contributed by atoms with Crippen molar-refractivity contribution in [3.63, 3.8) is 0 Å². The molecule has 4 rings (SSSR count). The Bertz CT molecular complexity index is 750. The van der Waals surface area contributed by atoms with Gasteiger partial charge in [-0.1, -0.05) is 61.4 Å². The number of benzene rings is 1. The van der Waals surface area contributed by atoms with Gasteiger partial charge in [-0.2, -0.15) is 0 Å². The van der Waals surface area contributed by atoms with Gasteiger partial charge in [-0.15, -0.1) is 0 Å². The molecule has 24 heavy (non-hydrogen) atoms. The van der Waals surface area contributed by atoms with Crippen LogP contribution in [-0.2, 0) is 7.05 Å². The number of carboxylic acid groups (broad SMARTS) is 1. The maximum Gasteiger partial charge on any atom is 0.372 e. The molecule has 1 aromatic heterocycles. The van der Waals surface area contributed by atoms with Crippen molar-refractivity contribution in [2.75, 3.05) is 0 Å². The van der Waals surface area contributed by atoms with Crippen LogP contribution < -0.4 is 0 Å². The number of aromatic nitrogens is 2. The smallest absolute Gasteiger partial charge is 0.372 e. The van der Waals surface area contributed by atoms with Gasteiger partial charge in [0.25, 0.3) is 0 Å². The molecule has 1 fully saturated rings. The van der Waals surface area contributed by atoms with Crippen LogP contribution in [0.4, 0.5) is 0 Å². The molecule has 2 aromatic rings. The van der Waals surface area contributed by atoms with Crippen molar-refractivity contribution in [2.24, 2.45) is 13.0 Å². The van der Waals surface area contributed by atoms with E-state index in [1.807, 2.05) is 13.1 Å². The van der Waals surface area contributed by atoms with Gasteiger partial charge in [0.2, 0.25) is 5.82 Å². The second-order valence-electron chi connectivity index (χ2n) is 6.86. The van der Waals surface area contributed by atoms with Crippen LogP contribution in [0.25, 0.3) is 0 Å². The molecule has 126 valence electrons. The van der Waals surface area contributed by atoms with Crippen molar-refractivity contribution in [1.29, 1.82) is 0 Å². The number of carbonyl (C=O) groups is 1. The second-order valence-corrected chi connectivity index (χ2v) is 7.99. The van der Waals surface area contributed by atoms with Gasteiger partial charge < -0.3 is 9.67 Å².